The first kappa shape index (κ1) is 17.0. The molecule has 0 bridgehead atoms. The molecule has 1 rings (SSSR count). The number of ether oxygens (including phenoxy) is 1. The summed E-state index contributed by atoms with van der Waals surface area (Å²) in [5, 5.41) is 14.1. The quantitative estimate of drug-likeness (QED) is 0.795. The predicted octanol–water partition coefficient (Wildman–Crippen LogP) is 2.46. The van der Waals surface area contributed by atoms with E-state index in [4.69, 9.17) is 4.74 Å². The van der Waals surface area contributed by atoms with Crippen molar-refractivity contribution in [1.82, 2.24) is 5.32 Å². The Morgan fingerprint density at radius 2 is 1.81 bits per heavy atom. The summed E-state index contributed by atoms with van der Waals surface area (Å²) in [7, 11) is 1.45. The number of amides is 2. The van der Waals surface area contributed by atoms with Gasteiger partial charge in [-0.3, -0.25) is 10.1 Å². The van der Waals surface area contributed by atoms with Crippen molar-refractivity contribution < 1.29 is 24.2 Å². The molecular weight excluding hydrogens is 296 g/mol. The van der Waals surface area contributed by atoms with Crippen molar-refractivity contribution in [2.45, 2.75) is 33.3 Å². The van der Waals surface area contributed by atoms with Gasteiger partial charge in [-0.05, 0) is 33.3 Å². The number of carboxylic acids is 1. The molecule has 0 saturated carbocycles. The fourth-order valence-corrected chi connectivity index (χ4v) is 2.72. The molecule has 1 aromatic rings. The fraction of sp³-hybridized carbons (Fsp3) is 0.462. The van der Waals surface area contributed by atoms with Gasteiger partial charge in [-0.25, -0.2) is 9.59 Å². The Balaban J connectivity index is 3.15. The van der Waals surface area contributed by atoms with Crippen molar-refractivity contribution >= 4 is 34.3 Å². The summed E-state index contributed by atoms with van der Waals surface area (Å²) in [6.07, 6.45) is -0.769. The molecule has 0 saturated heterocycles. The summed E-state index contributed by atoms with van der Waals surface area (Å²) in [5.41, 5.74) is -0.508. The summed E-state index contributed by atoms with van der Waals surface area (Å²) >= 11 is 0.897. The molecule has 0 aliphatic heterocycles. The maximum atomic E-state index is 11.7. The van der Waals surface area contributed by atoms with Crippen LogP contribution in [0, 0.1) is 6.92 Å². The van der Waals surface area contributed by atoms with Gasteiger partial charge in [0.2, 0.25) is 0 Å². The summed E-state index contributed by atoms with van der Waals surface area (Å²) in [6, 6.07) is 0. The predicted molar refractivity (Wildman–Crippen MR) is 79.3 cm³/mol. The first-order valence-corrected chi connectivity index (χ1v) is 6.97. The number of carboxylic acid groups (broad SMARTS) is 1. The lowest BCUT2D eigenvalue weighted by molar-refractivity contribution is 0.0636. The Morgan fingerprint density at radius 1 is 1.24 bits per heavy atom. The highest BCUT2D eigenvalue weighted by atomic mass is 32.1. The van der Waals surface area contributed by atoms with Gasteiger partial charge in [0.1, 0.15) is 10.6 Å². The smallest absolute Gasteiger partial charge is 0.412 e. The lowest BCUT2D eigenvalue weighted by Crippen LogP contribution is -2.27. The molecule has 116 valence electrons. The molecule has 0 radical (unpaired) electrons. The standard InChI is InChI=1S/C13H18N2O5S/c1-6-7(11(17)18)10(21-8(6)9(16)14-5)15-12(19)20-13(2,3)4/h1-5H3,(H,14,16)(H,15,19)(H,17,18). The zero-order valence-corrected chi connectivity index (χ0v) is 13.3. The maximum absolute atomic E-state index is 11.7. The lowest BCUT2D eigenvalue weighted by atomic mass is 10.1. The Morgan fingerprint density at radius 3 is 2.24 bits per heavy atom. The van der Waals surface area contributed by atoms with E-state index in [1.165, 1.54) is 14.0 Å². The van der Waals surface area contributed by atoms with Gasteiger partial charge in [-0.2, -0.15) is 0 Å². The number of anilines is 1. The molecule has 1 heterocycles. The van der Waals surface area contributed by atoms with Gasteiger partial charge in [-0.1, -0.05) is 0 Å². The second kappa shape index (κ2) is 6.13. The third-order valence-corrected chi connectivity index (χ3v) is 3.61. The molecule has 0 aliphatic carbocycles. The number of thiophene rings is 1. The zero-order chi connectivity index (χ0) is 16.4. The van der Waals surface area contributed by atoms with Crippen LogP contribution in [0.15, 0.2) is 0 Å². The van der Waals surface area contributed by atoms with E-state index < -0.39 is 23.6 Å². The fourth-order valence-electron chi connectivity index (χ4n) is 1.59. The molecule has 0 spiro atoms. The van der Waals surface area contributed by atoms with Crippen LogP contribution in [0.3, 0.4) is 0 Å². The minimum atomic E-state index is -1.22. The molecule has 0 aromatic carbocycles. The Labute approximate surface area is 126 Å². The van der Waals surface area contributed by atoms with Crippen LogP contribution in [0.25, 0.3) is 0 Å². The van der Waals surface area contributed by atoms with E-state index in [-0.39, 0.29) is 15.4 Å². The van der Waals surface area contributed by atoms with Crippen molar-refractivity contribution in [3.05, 3.63) is 16.0 Å². The molecule has 8 heteroatoms. The number of carbonyl (C=O) groups is 3. The largest absolute Gasteiger partial charge is 0.478 e. The van der Waals surface area contributed by atoms with E-state index >= 15 is 0 Å². The Hall–Kier alpha value is -2.09. The second-order valence-corrected chi connectivity index (χ2v) is 6.29. The second-order valence-electron chi connectivity index (χ2n) is 5.27. The zero-order valence-electron chi connectivity index (χ0n) is 12.5. The molecule has 0 fully saturated rings. The molecule has 0 unspecified atom stereocenters. The number of carbonyl (C=O) groups excluding carboxylic acids is 2. The Bertz CT molecular complexity index is 586. The number of rotatable bonds is 3. The van der Waals surface area contributed by atoms with Gasteiger partial charge in [0, 0.05) is 7.05 Å². The Kier molecular flexibility index (Phi) is 4.95. The third kappa shape index (κ3) is 4.19. The molecule has 1 aromatic heterocycles. The van der Waals surface area contributed by atoms with Crippen molar-refractivity contribution in [1.29, 1.82) is 0 Å². The van der Waals surface area contributed by atoms with Crippen LogP contribution in [0.2, 0.25) is 0 Å². The first-order valence-electron chi connectivity index (χ1n) is 6.15. The molecule has 2 amide bonds. The van der Waals surface area contributed by atoms with Crippen LogP contribution < -0.4 is 10.6 Å². The molecular formula is C13H18N2O5S. The van der Waals surface area contributed by atoms with E-state index in [2.05, 4.69) is 10.6 Å². The van der Waals surface area contributed by atoms with Crippen LogP contribution in [0.4, 0.5) is 9.80 Å². The number of hydrogen-bond donors (Lipinski definition) is 3. The highest BCUT2D eigenvalue weighted by molar-refractivity contribution is 7.18. The highest BCUT2D eigenvalue weighted by Crippen LogP contribution is 2.33. The molecule has 3 N–H and O–H groups in total. The van der Waals surface area contributed by atoms with Crippen LogP contribution in [0.1, 0.15) is 46.4 Å². The van der Waals surface area contributed by atoms with Crippen molar-refractivity contribution in [3.8, 4) is 0 Å². The third-order valence-electron chi connectivity index (χ3n) is 2.41. The minimum absolute atomic E-state index is 0.0767. The molecule has 0 atom stereocenters. The normalized spacial score (nSPS) is 10.9. The van der Waals surface area contributed by atoms with Gasteiger partial charge < -0.3 is 15.2 Å². The average Bonchev–Trinajstić information content (AvgIpc) is 2.62. The van der Waals surface area contributed by atoms with Crippen LogP contribution in [0.5, 0.6) is 0 Å². The number of nitrogens with one attached hydrogen (secondary N) is 2. The highest BCUT2D eigenvalue weighted by Gasteiger charge is 2.26. The monoisotopic (exact) mass is 314 g/mol. The van der Waals surface area contributed by atoms with Crippen molar-refractivity contribution in [2.24, 2.45) is 0 Å². The summed E-state index contributed by atoms with van der Waals surface area (Å²) in [5.74, 6) is -1.62. The van der Waals surface area contributed by atoms with E-state index in [0.717, 1.165) is 11.3 Å². The lowest BCUT2D eigenvalue weighted by Gasteiger charge is -2.19. The van der Waals surface area contributed by atoms with Crippen molar-refractivity contribution in [3.63, 3.8) is 0 Å². The van der Waals surface area contributed by atoms with Crippen LogP contribution in [-0.4, -0.2) is 35.7 Å². The van der Waals surface area contributed by atoms with Gasteiger partial charge in [0.25, 0.3) is 5.91 Å². The maximum Gasteiger partial charge on any atom is 0.412 e. The van der Waals surface area contributed by atoms with Gasteiger partial charge in [0.15, 0.2) is 0 Å². The van der Waals surface area contributed by atoms with Crippen LogP contribution in [-0.2, 0) is 4.74 Å². The minimum Gasteiger partial charge on any atom is -0.478 e. The molecule has 21 heavy (non-hydrogen) atoms. The van der Waals surface area contributed by atoms with Gasteiger partial charge in [-0.15, -0.1) is 11.3 Å². The van der Waals surface area contributed by atoms with Crippen LogP contribution >= 0.6 is 11.3 Å². The molecule has 0 aliphatic rings. The number of aromatic carboxylic acids is 1. The molecule has 7 nitrogen and oxygen atoms in total. The van der Waals surface area contributed by atoms with E-state index in [9.17, 15) is 19.5 Å². The van der Waals surface area contributed by atoms with E-state index in [0.29, 0.717) is 5.56 Å². The summed E-state index contributed by atoms with van der Waals surface area (Å²) < 4.78 is 5.08. The first-order chi connectivity index (χ1) is 9.56. The van der Waals surface area contributed by atoms with Crippen molar-refractivity contribution in [2.75, 3.05) is 12.4 Å². The topological polar surface area (TPSA) is 105 Å². The summed E-state index contributed by atoms with van der Waals surface area (Å²) in [4.78, 5) is 35.0. The van der Waals surface area contributed by atoms with E-state index in [1.807, 2.05) is 0 Å². The average molecular weight is 314 g/mol. The summed E-state index contributed by atoms with van der Waals surface area (Å²) in [6.45, 7) is 6.60. The SMILES string of the molecule is CNC(=O)c1sc(NC(=O)OC(C)(C)C)c(C(=O)O)c1C. The van der Waals surface area contributed by atoms with Gasteiger partial charge >= 0.3 is 12.1 Å². The van der Waals surface area contributed by atoms with Gasteiger partial charge in [0.05, 0.1) is 10.4 Å². The number of hydrogen-bond acceptors (Lipinski definition) is 5. The van der Waals surface area contributed by atoms with E-state index in [1.54, 1.807) is 20.8 Å².